The minimum Gasteiger partial charge on any atom is -0.481 e. The predicted octanol–water partition coefficient (Wildman–Crippen LogP) is -1.04. The Morgan fingerprint density at radius 2 is 1.82 bits per heavy atom. The van der Waals surface area contributed by atoms with Gasteiger partial charge in [0, 0.05) is 12.2 Å². The standard InChI is InChI=1S/C9H15NO6S/c11-3-5(4-17)8(14)10-6(9(15)16)1-2-7(12)13/h5-6,11,17H,1-4H2,(H,10,14)(H,12,13)(H,15,16)/t5?,6-/m0/s1. The van der Waals surface area contributed by atoms with Gasteiger partial charge in [-0.1, -0.05) is 0 Å². The first-order valence-corrected chi connectivity index (χ1v) is 5.52. The Balaban J connectivity index is 4.38. The third-order valence-corrected chi connectivity index (χ3v) is 2.51. The lowest BCUT2D eigenvalue weighted by atomic mass is 10.1. The molecule has 8 heteroatoms. The molecule has 0 heterocycles. The maximum atomic E-state index is 11.4. The van der Waals surface area contributed by atoms with E-state index in [-0.39, 0.29) is 18.6 Å². The average molecular weight is 265 g/mol. The quantitative estimate of drug-likeness (QED) is 0.357. The van der Waals surface area contributed by atoms with Gasteiger partial charge in [-0.15, -0.1) is 0 Å². The van der Waals surface area contributed by atoms with Gasteiger partial charge in [0.25, 0.3) is 0 Å². The Morgan fingerprint density at radius 3 is 2.18 bits per heavy atom. The lowest BCUT2D eigenvalue weighted by molar-refractivity contribution is -0.143. The van der Waals surface area contributed by atoms with Crippen LogP contribution in [0.3, 0.4) is 0 Å². The second-order valence-corrected chi connectivity index (χ2v) is 3.76. The van der Waals surface area contributed by atoms with Gasteiger partial charge in [-0.3, -0.25) is 9.59 Å². The van der Waals surface area contributed by atoms with E-state index in [0.29, 0.717) is 0 Å². The summed E-state index contributed by atoms with van der Waals surface area (Å²) >= 11 is 3.83. The van der Waals surface area contributed by atoms with Crippen molar-refractivity contribution in [3.8, 4) is 0 Å². The zero-order valence-electron chi connectivity index (χ0n) is 9.00. The van der Waals surface area contributed by atoms with Crippen LogP contribution < -0.4 is 5.32 Å². The summed E-state index contributed by atoms with van der Waals surface area (Å²) < 4.78 is 0. The van der Waals surface area contributed by atoms with E-state index < -0.39 is 36.4 Å². The van der Waals surface area contributed by atoms with E-state index in [1.54, 1.807) is 0 Å². The van der Waals surface area contributed by atoms with E-state index >= 15 is 0 Å². The minimum atomic E-state index is -1.31. The summed E-state index contributed by atoms with van der Waals surface area (Å²) in [5.41, 5.74) is 0. The van der Waals surface area contributed by atoms with Crippen LogP contribution in [0.25, 0.3) is 0 Å². The van der Waals surface area contributed by atoms with E-state index in [1.807, 2.05) is 0 Å². The molecule has 4 N–H and O–H groups in total. The fraction of sp³-hybridized carbons (Fsp3) is 0.667. The Hall–Kier alpha value is -1.28. The van der Waals surface area contributed by atoms with Crippen LogP contribution in [0.2, 0.25) is 0 Å². The Kier molecular flexibility index (Phi) is 7.31. The van der Waals surface area contributed by atoms with E-state index in [2.05, 4.69) is 17.9 Å². The monoisotopic (exact) mass is 265 g/mol. The molecule has 0 bridgehead atoms. The molecule has 0 aromatic carbocycles. The minimum absolute atomic E-state index is 0.0770. The number of hydrogen-bond acceptors (Lipinski definition) is 5. The van der Waals surface area contributed by atoms with Gasteiger partial charge >= 0.3 is 11.9 Å². The van der Waals surface area contributed by atoms with Crippen LogP contribution in [0, 0.1) is 5.92 Å². The number of carboxylic acids is 2. The van der Waals surface area contributed by atoms with Crippen molar-refractivity contribution in [3.05, 3.63) is 0 Å². The highest BCUT2D eigenvalue weighted by molar-refractivity contribution is 7.80. The van der Waals surface area contributed by atoms with Crippen molar-refractivity contribution in [2.45, 2.75) is 18.9 Å². The molecule has 0 aliphatic carbocycles. The van der Waals surface area contributed by atoms with Crippen LogP contribution >= 0.6 is 12.6 Å². The van der Waals surface area contributed by atoms with E-state index in [0.717, 1.165) is 0 Å². The first-order chi connectivity index (χ1) is 7.92. The molecule has 1 unspecified atom stereocenters. The number of carbonyl (C=O) groups excluding carboxylic acids is 1. The zero-order valence-corrected chi connectivity index (χ0v) is 9.89. The maximum absolute atomic E-state index is 11.4. The lowest BCUT2D eigenvalue weighted by Crippen LogP contribution is -2.45. The number of rotatable bonds is 8. The van der Waals surface area contributed by atoms with Crippen molar-refractivity contribution in [2.24, 2.45) is 5.92 Å². The van der Waals surface area contributed by atoms with Gasteiger partial charge < -0.3 is 20.6 Å². The van der Waals surface area contributed by atoms with Crippen LogP contribution in [-0.4, -0.2) is 51.6 Å². The molecule has 0 rings (SSSR count). The van der Waals surface area contributed by atoms with Crippen LogP contribution in [-0.2, 0) is 14.4 Å². The van der Waals surface area contributed by atoms with Crippen LogP contribution in [0.1, 0.15) is 12.8 Å². The van der Waals surface area contributed by atoms with Crippen molar-refractivity contribution in [1.29, 1.82) is 0 Å². The van der Waals surface area contributed by atoms with Gasteiger partial charge in [0.05, 0.1) is 12.5 Å². The number of aliphatic hydroxyl groups excluding tert-OH is 1. The lowest BCUT2D eigenvalue weighted by Gasteiger charge is -2.17. The molecule has 0 saturated heterocycles. The topological polar surface area (TPSA) is 124 Å². The molecule has 0 radical (unpaired) electrons. The summed E-state index contributed by atoms with van der Waals surface area (Å²) in [7, 11) is 0. The summed E-state index contributed by atoms with van der Waals surface area (Å²) in [4.78, 5) is 32.5. The molecular formula is C9H15NO6S. The van der Waals surface area contributed by atoms with Gasteiger partial charge in [-0.2, -0.15) is 12.6 Å². The third kappa shape index (κ3) is 6.12. The number of nitrogens with one attached hydrogen (secondary N) is 1. The Morgan fingerprint density at radius 1 is 1.24 bits per heavy atom. The summed E-state index contributed by atoms with van der Waals surface area (Å²) in [5, 5.41) is 28.2. The summed E-state index contributed by atoms with van der Waals surface area (Å²) in [6.45, 7) is -0.444. The first-order valence-electron chi connectivity index (χ1n) is 4.89. The second kappa shape index (κ2) is 7.91. The predicted molar refractivity (Wildman–Crippen MR) is 60.9 cm³/mol. The molecule has 0 aromatic rings. The van der Waals surface area contributed by atoms with Crippen LogP contribution in [0.4, 0.5) is 0 Å². The Bertz CT molecular complexity index is 291. The first kappa shape index (κ1) is 15.7. The van der Waals surface area contributed by atoms with Crippen molar-refractivity contribution >= 4 is 30.5 Å². The van der Waals surface area contributed by atoms with Crippen LogP contribution in [0.15, 0.2) is 0 Å². The van der Waals surface area contributed by atoms with E-state index in [9.17, 15) is 14.4 Å². The molecule has 98 valence electrons. The highest BCUT2D eigenvalue weighted by atomic mass is 32.1. The molecule has 1 amide bonds. The molecule has 0 aliphatic rings. The van der Waals surface area contributed by atoms with Gasteiger partial charge in [-0.05, 0) is 6.42 Å². The SMILES string of the molecule is O=C(O)CC[C@H](NC(=O)C(CO)CS)C(=O)O. The van der Waals surface area contributed by atoms with Crippen LogP contribution in [0.5, 0.6) is 0 Å². The number of carboxylic acid groups (broad SMARTS) is 2. The number of amides is 1. The number of aliphatic hydroxyl groups is 1. The molecule has 0 fully saturated rings. The molecule has 17 heavy (non-hydrogen) atoms. The molecular weight excluding hydrogens is 250 g/mol. The Labute approximate surface area is 103 Å². The maximum Gasteiger partial charge on any atom is 0.326 e. The molecule has 0 saturated carbocycles. The van der Waals surface area contributed by atoms with Gasteiger partial charge in [0.2, 0.25) is 5.91 Å². The zero-order chi connectivity index (χ0) is 13.4. The normalized spacial score (nSPS) is 13.8. The molecule has 2 atom stereocenters. The fourth-order valence-electron chi connectivity index (χ4n) is 1.04. The highest BCUT2D eigenvalue weighted by Crippen LogP contribution is 2.03. The second-order valence-electron chi connectivity index (χ2n) is 3.39. The molecule has 0 aliphatic heterocycles. The third-order valence-electron chi connectivity index (χ3n) is 2.07. The van der Waals surface area contributed by atoms with E-state index in [1.165, 1.54) is 0 Å². The van der Waals surface area contributed by atoms with Gasteiger partial charge in [-0.25, -0.2) is 4.79 Å². The number of aliphatic carboxylic acids is 2. The largest absolute Gasteiger partial charge is 0.481 e. The molecule has 7 nitrogen and oxygen atoms in total. The van der Waals surface area contributed by atoms with E-state index in [4.69, 9.17) is 15.3 Å². The fourth-order valence-corrected chi connectivity index (χ4v) is 1.32. The number of thiol groups is 1. The van der Waals surface area contributed by atoms with Crippen molar-refractivity contribution in [2.75, 3.05) is 12.4 Å². The summed E-state index contributed by atoms with van der Waals surface area (Å²) in [5.74, 6) is -3.83. The molecule has 0 spiro atoms. The summed E-state index contributed by atoms with van der Waals surface area (Å²) in [6.07, 6.45) is -0.566. The van der Waals surface area contributed by atoms with Gasteiger partial charge in [0.15, 0.2) is 0 Å². The number of hydrogen-bond donors (Lipinski definition) is 5. The highest BCUT2D eigenvalue weighted by Gasteiger charge is 2.24. The van der Waals surface area contributed by atoms with Gasteiger partial charge in [0.1, 0.15) is 6.04 Å². The average Bonchev–Trinajstić information content (AvgIpc) is 2.25. The number of carbonyl (C=O) groups is 3. The molecule has 0 aromatic heterocycles. The van der Waals surface area contributed by atoms with Crippen molar-refractivity contribution in [1.82, 2.24) is 5.32 Å². The smallest absolute Gasteiger partial charge is 0.326 e. The van der Waals surface area contributed by atoms with Crippen molar-refractivity contribution in [3.63, 3.8) is 0 Å². The summed E-state index contributed by atoms with van der Waals surface area (Å²) in [6, 6.07) is -1.27. The van der Waals surface area contributed by atoms with Crippen molar-refractivity contribution < 1.29 is 29.7 Å².